The van der Waals surface area contributed by atoms with E-state index in [-0.39, 0.29) is 21.5 Å². The van der Waals surface area contributed by atoms with Crippen molar-refractivity contribution in [3.63, 3.8) is 0 Å². The molecule has 1 aliphatic rings. The standard InChI is InChI=1S/C10H12ClF3N2O2S2/c11-9-15-5-8(19-9)20(17,18)16-7-3-1-2-6(4-7)10(12,13)14/h5-7,16H,1-4H2. The number of nitrogens with one attached hydrogen (secondary N) is 1. The maximum absolute atomic E-state index is 12.7. The summed E-state index contributed by atoms with van der Waals surface area (Å²) in [6.45, 7) is 0. The van der Waals surface area contributed by atoms with Crippen LogP contribution in [0.3, 0.4) is 0 Å². The van der Waals surface area contributed by atoms with E-state index in [0.29, 0.717) is 12.8 Å². The zero-order valence-corrected chi connectivity index (χ0v) is 12.5. The van der Waals surface area contributed by atoms with Crippen LogP contribution in [0.4, 0.5) is 13.2 Å². The Balaban J connectivity index is 2.06. The van der Waals surface area contributed by atoms with Gasteiger partial charge < -0.3 is 0 Å². The Morgan fingerprint density at radius 2 is 2.10 bits per heavy atom. The lowest BCUT2D eigenvalue weighted by Crippen LogP contribution is -2.41. The average molecular weight is 349 g/mol. The van der Waals surface area contributed by atoms with Gasteiger partial charge in [0.05, 0.1) is 12.1 Å². The molecule has 0 aliphatic heterocycles. The molecule has 1 aliphatic carbocycles. The van der Waals surface area contributed by atoms with Crippen LogP contribution in [0.25, 0.3) is 0 Å². The number of nitrogens with zero attached hydrogens (tertiary/aromatic N) is 1. The van der Waals surface area contributed by atoms with Crippen LogP contribution in [-0.2, 0) is 10.0 Å². The third-order valence-electron chi connectivity index (χ3n) is 3.18. The first-order valence-electron chi connectivity index (χ1n) is 5.89. The maximum atomic E-state index is 12.7. The van der Waals surface area contributed by atoms with Crippen molar-refractivity contribution in [1.29, 1.82) is 0 Å². The van der Waals surface area contributed by atoms with Crippen molar-refractivity contribution < 1.29 is 21.6 Å². The number of thiazole rings is 1. The van der Waals surface area contributed by atoms with Gasteiger partial charge in [0.2, 0.25) is 0 Å². The number of aromatic nitrogens is 1. The van der Waals surface area contributed by atoms with Crippen LogP contribution in [0.1, 0.15) is 25.7 Å². The molecule has 1 aromatic rings. The highest BCUT2D eigenvalue weighted by molar-refractivity contribution is 7.91. The summed E-state index contributed by atoms with van der Waals surface area (Å²) >= 11 is 6.33. The molecule has 0 bridgehead atoms. The molecule has 0 spiro atoms. The number of halogens is 4. The average Bonchev–Trinajstić information content (AvgIpc) is 2.75. The second-order valence-corrected chi connectivity index (χ2v) is 8.21. The van der Waals surface area contributed by atoms with Crippen molar-refractivity contribution in [2.24, 2.45) is 5.92 Å². The summed E-state index contributed by atoms with van der Waals surface area (Å²) in [5.41, 5.74) is 0. The fourth-order valence-electron chi connectivity index (χ4n) is 2.24. The Morgan fingerprint density at radius 1 is 1.40 bits per heavy atom. The third kappa shape index (κ3) is 3.84. The van der Waals surface area contributed by atoms with Crippen LogP contribution in [0, 0.1) is 5.92 Å². The zero-order chi connectivity index (χ0) is 15.0. The first kappa shape index (κ1) is 16.0. The molecule has 0 radical (unpaired) electrons. The summed E-state index contributed by atoms with van der Waals surface area (Å²) in [6, 6.07) is -0.707. The monoisotopic (exact) mass is 348 g/mol. The van der Waals surface area contributed by atoms with Crippen LogP contribution in [0.15, 0.2) is 10.4 Å². The normalized spacial score (nSPS) is 24.8. The summed E-state index contributed by atoms with van der Waals surface area (Å²) < 4.78 is 64.3. The summed E-state index contributed by atoms with van der Waals surface area (Å²) in [7, 11) is -3.85. The van der Waals surface area contributed by atoms with Crippen molar-refractivity contribution in [2.75, 3.05) is 0 Å². The highest BCUT2D eigenvalue weighted by Crippen LogP contribution is 2.38. The van der Waals surface area contributed by atoms with Gasteiger partial charge in [0.25, 0.3) is 10.0 Å². The van der Waals surface area contributed by atoms with Gasteiger partial charge in [-0.15, -0.1) is 0 Å². The minimum absolute atomic E-state index is 0.0497. The van der Waals surface area contributed by atoms with Crippen molar-refractivity contribution in [1.82, 2.24) is 9.71 Å². The molecule has 1 aromatic heterocycles. The second-order valence-electron chi connectivity index (χ2n) is 4.66. The number of hydrogen-bond acceptors (Lipinski definition) is 4. The van der Waals surface area contributed by atoms with Crippen molar-refractivity contribution >= 4 is 33.0 Å². The molecular weight excluding hydrogens is 337 g/mol. The molecule has 0 aromatic carbocycles. The summed E-state index contributed by atoms with van der Waals surface area (Å²) in [5.74, 6) is -1.45. The quantitative estimate of drug-likeness (QED) is 0.912. The summed E-state index contributed by atoms with van der Waals surface area (Å²) in [6.07, 6.45) is -2.61. The molecule has 1 heterocycles. The van der Waals surface area contributed by atoms with Crippen LogP contribution in [0.5, 0.6) is 0 Å². The smallest absolute Gasteiger partial charge is 0.232 e. The van der Waals surface area contributed by atoms with E-state index >= 15 is 0 Å². The minimum Gasteiger partial charge on any atom is -0.232 e. The van der Waals surface area contributed by atoms with E-state index in [2.05, 4.69) is 9.71 Å². The van der Waals surface area contributed by atoms with Crippen LogP contribution in [0.2, 0.25) is 4.47 Å². The Morgan fingerprint density at radius 3 is 2.65 bits per heavy atom. The minimum atomic E-state index is -4.28. The number of sulfonamides is 1. The van der Waals surface area contributed by atoms with Crippen LogP contribution < -0.4 is 4.72 Å². The lowest BCUT2D eigenvalue weighted by molar-refractivity contribution is -0.183. The molecule has 2 rings (SSSR count). The van der Waals surface area contributed by atoms with E-state index in [9.17, 15) is 21.6 Å². The van der Waals surface area contributed by atoms with Crippen molar-refractivity contribution in [2.45, 2.75) is 42.1 Å². The molecule has 114 valence electrons. The Hall–Kier alpha value is -0.380. The van der Waals surface area contributed by atoms with E-state index in [1.807, 2.05) is 0 Å². The first-order chi connectivity index (χ1) is 9.18. The van der Waals surface area contributed by atoms with Crippen molar-refractivity contribution in [3.8, 4) is 0 Å². The largest absolute Gasteiger partial charge is 0.391 e. The highest BCUT2D eigenvalue weighted by atomic mass is 35.5. The number of alkyl halides is 3. The molecule has 4 nitrogen and oxygen atoms in total. The van der Waals surface area contributed by atoms with Gasteiger partial charge in [-0.3, -0.25) is 0 Å². The number of hydrogen-bond donors (Lipinski definition) is 1. The Labute approximate surface area is 123 Å². The lowest BCUT2D eigenvalue weighted by atomic mass is 9.86. The molecule has 2 atom stereocenters. The SMILES string of the molecule is O=S(=O)(NC1CCCC(C(F)(F)F)C1)c1cnc(Cl)s1. The highest BCUT2D eigenvalue weighted by Gasteiger charge is 2.42. The molecular formula is C10H12ClF3N2O2S2. The van der Waals surface area contributed by atoms with Crippen LogP contribution in [-0.4, -0.2) is 25.6 Å². The van der Waals surface area contributed by atoms with Crippen molar-refractivity contribution in [3.05, 3.63) is 10.7 Å². The van der Waals surface area contributed by atoms with E-state index < -0.39 is 28.2 Å². The van der Waals surface area contributed by atoms with E-state index in [4.69, 9.17) is 11.6 Å². The molecule has 20 heavy (non-hydrogen) atoms. The predicted octanol–water partition coefficient (Wildman–Crippen LogP) is 3.20. The van der Waals surface area contributed by atoms with Gasteiger partial charge in [-0.1, -0.05) is 29.4 Å². The van der Waals surface area contributed by atoms with Gasteiger partial charge >= 0.3 is 6.18 Å². The van der Waals surface area contributed by atoms with E-state index in [1.165, 1.54) is 0 Å². The Bertz CT molecular complexity index is 573. The van der Waals surface area contributed by atoms with Crippen LogP contribution >= 0.6 is 22.9 Å². The predicted molar refractivity (Wildman–Crippen MR) is 69.2 cm³/mol. The topological polar surface area (TPSA) is 59.1 Å². The number of rotatable bonds is 3. The van der Waals surface area contributed by atoms with Gasteiger partial charge in [-0.25, -0.2) is 18.1 Å². The van der Waals surface area contributed by atoms with Gasteiger partial charge in [0, 0.05) is 6.04 Å². The second kappa shape index (κ2) is 5.78. The van der Waals surface area contributed by atoms with Gasteiger partial charge in [0.1, 0.15) is 0 Å². The van der Waals surface area contributed by atoms with Gasteiger partial charge in [-0.05, 0) is 19.3 Å². The first-order valence-corrected chi connectivity index (χ1v) is 8.56. The van der Waals surface area contributed by atoms with Gasteiger partial charge in [0.15, 0.2) is 8.68 Å². The molecule has 2 unspecified atom stereocenters. The molecule has 1 saturated carbocycles. The molecule has 1 fully saturated rings. The van der Waals surface area contributed by atoms with E-state index in [0.717, 1.165) is 17.5 Å². The molecule has 0 amide bonds. The third-order valence-corrected chi connectivity index (χ3v) is 6.28. The lowest BCUT2D eigenvalue weighted by Gasteiger charge is -2.30. The zero-order valence-electron chi connectivity index (χ0n) is 10.2. The molecule has 10 heteroatoms. The summed E-state index contributed by atoms with van der Waals surface area (Å²) in [5, 5.41) is 0. The fourth-order valence-corrected chi connectivity index (χ4v) is 4.83. The van der Waals surface area contributed by atoms with E-state index in [1.54, 1.807) is 0 Å². The Kier molecular flexibility index (Phi) is 4.63. The molecule has 1 N–H and O–H groups in total. The maximum Gasteiger partial charge on any atom is 0.391 e. The molecule has 0 saturated heterocycles. The fraction of sp³-hybridized carbons (Fsp3) is 0.700. The summed E-state index contributed by atoms with van der Waals surface area (Å²) in [4.78, 5) is 3.61. The van der Waals surface area contributed by atoms with Gasteiger partial charge in [-0.2, -0.15) is 13.2 Å².